The molecule has 84 valence electrons. The van der Waals surface area contributed by atoms with E-state index in [4.69, 9.17) is 4.74 Å². The number of hydrogen-bond acceptors (Lipinski definition) is 2. The second-order valence-corrected chi connectivity index (χ2v) is 5.08. The van der Waals surface area contributed by atoms with E-state index in [9.17, 15) is 0 Å². The maximum Gasteiger partial charge on any atom is 0.0704 e. The summed E-state index contributed by atoms with van der Waals surface area (Å²) in [4.78, 5) is 0. The Morgan fingerprint density at radius 2 is 2.00 bits per heavy atom. The van der Waals surface area contributed by atoms with Crippen molar-refractivity contribution in [3.05, 3.63) is 0 Å². The van der Waals surface area contributed by atoms with Crippen molar-refractivity contribution < 1.29 is 4.74 Å². The van der Waals surface area contributed by atoms with E-state index < -0.39 is 0 Å². The zero-order chi connectivity index (χ0) is 10.6. The first-order chi connectivity index (χ1) is 6.58. The molecular weight excluding hydrogens is 174 g/mol. The Bertz CT molecular complexity index is 158. The molecule has 0 bridgehead atoms. The predicted molar refractivity (Wildman–Crippen MR) is 60.5 cm³/mol. The van der Waals surface area contributed by atoms with Crippen LogP contribution in [0.15, 0.2) is 0 Å². The molecule has 1 fully saturated rings. The Morgan fingerprint density at radius 1 is 1.29 bits per heavy atom. The summed E-state index contributed by atoms with van der Waals surface area (Å²) >= 11 is 0. The second kappa shape index (κ2) is 5.72. The van der Waals surface area contributed by atoms with Gasteiger partial charge in [0.05, 0.1) is 12.2 Å². The highest BCUT2D eigenvalue weighted by Gasteiger charge is 2.21. The summed E-state index contributed by atoms with van der Waals surface area (Å²) in [6, 6.07) is 0.620. The highest BCUT2D eigenvalue weighted by molar-refractivity contribution is 4.74. The van der Waals surface area contributed by atoms with Crippen LogP contribution in [0.5, 0.6) is 0 Å². The Morgan fingerprint density at radius 3 is 2.50 bits per heavy atom. The minimum Gasteiger partial charge on any atom is -0.374 e. The van der Waals surface area contributed by atoms with Crippen LogP contribution in [0.1, 0.15) is 47.0 Å². The lowest BCUT2D eigenvalue weighted by Crippen LogP contribution is -2.34. The van der Waals surface area contributed by atoms with E-state index in [0.29, 0.717) is 18.2 Å². The van der Waals surface area contributed by atoms with Crippen LogP contribution in [-0.2, 0) is 4.74 Å². The molecule has 0 radical (unpaired) electrons. The molecule has 14 heavy (non-hydrogen) atoms. The topological polar surface area (TPSA) is 21.3 Å². The summed E-state index contributed by atoms with van der Waals surface area (Å²) in [5.41, 5.74) is 0. The molecular formula is C12H25NO. The Kier molecular flexibility index (Phi) is 4.90. The highest BCUT2D eigenvalue weighted by atomic mass is 16.5. The maximum atomic E-state index is 5.75. The quantitative estimate of drug-likeness (QED) is 0.735. The van der Waals surface area contributed by atoms with Gasteiger partial charge in [-0.25, -0.2) is 0 Å². The minimum atomic E-state index is 0.458. The van der Waals surface area contributed by atoms with E-state index in [-0.39, 0.29) is 0 Å². The lowest BCUT2D eigenvalue weighted by Gasteiger charge is -2.18. The van der Waals surface area contributed by atoms with E-state index in [0.717, 1.165) is 12.5 Å². The molecule has 0 aliphatic carbocycles. The molecule has 0 aromatic rings. The van der Waals surface area contributed by atoms with E-state index in [1.54, 1.807) is 0 Å². The van der Waals surface area contributed by atoms with Gasteiger partial charge in [-0.2, -0.15) is 0 Å². The average Bonchev–Trinajstić information content (AvgIpc) is 2.47. The van der Waals surface area contributed by atoms with E-state index >= 15 is 0 Å². The first-order valence-corrected chi connectivity index (χ1v) is 5.96. The highest BCUT2D eigenvalue weighted by Crippen LogP contribution is 2.18. The predicted octanol–water partition coefficient (Wildman–Crippen LogP) is 2.58. The number of ether oxygens (including phenoxy) is 1. The summed E-state index contributed by atoms with van der Waals surface area (Å²) in [7, 11) is 0. The van der Waals surface area contributed by atoms with Crippen LogP contribution in [0.25, 0.3) is 0 Å². The van der Waals surface area contributed by atoms with E-state index in [1.807, 2.05) is 0 Å². The van der Waals surface area contributed by atoms with Gasteiger partial charge in [-0.05, 0) is 39.0 Å². The molecule has 1 rings (SSSR count). The fourth-order valence-electron chi connectivity index (χ4n) is 2.16. The number of rotatable bonds is 5. The molecule has 3 atom stereocenters. The molecule has 1 saturated heterocycles. The molecule has 0 saturated carbocycles. The van der Waals surface area contributed by atoms with E-state index in [2.05, 4.69) is 33.0 Å². The van der Waals surface area contributed by atoms with Crippen LogP contribution >= 0.6 is 0 Å². The average molecular weight is 199 g/mol. The summed E-state index contributed by atoms with van der Waals surface area (Å²) in [6.45, 7) is 9.99. The largest absolute Gasteiger partial charge is 0.374 e. The number of nitrogens with one attached hydrogen (secondary N) is 1. The third-order valence-corrected chi connectivity index (χ3v) is 2.84. The molecule has 0 aromatic carbocycles. The SMILES string of the molecule is CC(C)CC(C)NCC1CCC(C)O1. The van der Waals surface area contributed by atoms with Crippen LogP contribution in [0.2, 0.25) is 0 Å². The second-order valence-electron chi connectivity index (χ2n) is 5.08. The molecule has 1 aliphatic rings. The van der Waals surface area contributed by atoms with Crippen molar-refractivity contribution in [2.45, 2.75) is 65.2 Å². The normalized spacial score (nSPS) is 29.8. The van der Waals surface area contributed by atoms with Crippen LogP contribution < -0.4 is 5.32 Å². The molecule has 0 aromatic heterocycles. The molecule has 1 N–H and O–H groups in total. The minimum absolute atomic E-state index is 0.458. The Balaban J connectivity index is 2.08. The van der Waals surface area contributed by atoms with Crippen molar-refractivity contribution in [3.63, 3.8) is 0 Å². The molecule has 0 spiro atoms. The standard InChI is InChI=1S/C12H25NO/c1-9(2)7-10(3)13-8-12-6-5-11(4)14-12/h9-13H,5-8H2,1-4H3. The van der Waals surface area contributed by atoms with Gasteiger partial charge >= 0.3 is 0 Å². The Hall–Kier alpha value is -0.0800. The van der Waals surface area contributed by atoms with Crippen molar-refractivity contribution in [2.75, 3.05) is 6.54 Å². The van der Waals surface area contributed by atoms with Crippen molar-refractivity contribution in [1.29, 1.82) is 0 Å². The van der Waals surface area contributed by atoms with Gasteiger partial charge in [0.15, 0.2) is 0 Å². The monoisotopic (exact) mass is 199 g/mol. The third kappa shape index (κ3) is 4.43. The lowest BCUT2D eigenvalue weighted by molar-refractivity contribution is 0.0542. The molecule has 2 nitrogen and oxygen atoms in total. The molecule has 1 heterocycles. The van der Waals surface area contributed by atoms with Crippen LogP contribution in [0, 0.1) is 5.92 Å². The van der Waals surface area contributed by atoms with Gasteiger partial charge < -0.3 is 10.1 Å². The van der Waals surface area contributed by atoms with Gasteiger partial charge in [-0.3, -0.25) is 0 Å². The fourth-order valence-corrected chi connectivity index (χ4v) is 2.16. The van der Waals surface area contributed by atoms with Gasteiger partial charge in [-0.1, -0.05) is 13.8 Å². The molecule has 1 aliphatic heterocycles. The lowest BCUT2D eigenvalue weighted by atomic mass is 10.1. The summed E-state index contributed by atoms with van der Waals surface area (Å²) < 4.78 is 5.75. The molecule has 0 amide bonds. The van der Waals surface area contributed by atoms with Gasteiger partial charge in [0.1, 0.15) is 0 Å². The zero-order valence-electron chi connectivity index (χ0n) is 10.0. The van der Waals surface area contributed by atoms with Gasteiger partial charge in [-0.15, -0.1) is 0 Å². The van der Waals surface area contributed by atoms with E-state index in [1.165, 1.54) is 19.3 Å². The first-order valence-electron chi connectivity index (χ1n) is 5.96. The van der Waals surface area contributed by atoms with Crippen molar-refractivity contribution >= 4 is 0 Å². The van der Waals surface area contributed by atoms with Crippen LogP contribution in [0.4, 0.5) is 0 Å². The van der Waals surface area contributed by atoms with Gasteiger partial charge in [0.2, 0.25) is 0 Å². The Labute approximate surface area is 88.4 Å². The molecule has 3 unspecified atom stereocenters. The van der Waals surface area contributed by atoms with Crippen molar-refractivity contribution in [2.24, 2.45) is 5.92 Å². The molecule has 2 heteroatoms. The number of hydrogen-bond donors (Lipinski definition) is 1. The van der Waals surface area contributed by atoms with Crippen LogP contribution in [0.3, 0.4) is 0 Å². The van der Waals surface area contributed by atoms with Crippen molar-refractivity contribution in [3.8, 4) is 0 Å². The summed E-state index contributed by atoms with van der Waals surface area (Å²) in [5.74, 6) is 0.779. The first kappa shape index (κ1) is 12.0. The maximum absolute atomic E-state index is 5.75. The van der Waals surface area contributed by atoms with Crippen LogP contribution in [-0.4, -0.2) is 24.8 Å². The third-order valence-electron chi connectivity index (χ3n) is 2.84. The summed E-state index contributed by atoms with van der Waals surface area (Å²) in [6.07, 6.45) is 4.64. The van der Waals surface area contributed by atoms with Crippen molar-refractivity contribution in [1.82, 2.24) is 5.32 Å². The zero-order valence-corrected chi connectivity index (χ0v) is 10.0. The van der Waals surface area contributed by atoms with Gasteiger partial charge in [0.25, 0.3) is 0 Å². The smallest absolute Gasteiger partial charge is 0.0704 e. The van der Waals surface area contributed by atoms with Gasteiger partial charge in [0, 0.05) is 12.6 Å². The fraction of sp³-hybridized carbons (Fsp3) is 1.00. The summed E-state index contributed by atoms with van der Waals surface area (Å²) in [5, 5.41) is 3.55.